The molecule has 2 aliphatic heterocycles. The first kappa shape index (κ1) is 24.9. The van der Waals surface area contributed by atoms with Crippen molar-refractivity contribution in [1.29, 1.82) is 0 Å². The van der Waals surface area contributed by atoms with E-state index in [1.165, 1.54) is 12.1 Å². The zero-order valence-electron chi connectivity index (χ0n) is 20.3. The number of esters is 1. The third kappa shape index (κ3) is 6.06. The summed E-state index contributed by atoms with van der Waals surface area (Å²) in [6, 6.07) is 13.6. The Morgan fingerprint density at radius 3 is 2.49 bits per heavy atom. The van der Waals surface area contributed by atoms with Crippen molar-refractivity contribution in [3.63, 3.8) is 0 Å². The third-order valence-electron chi connectivity index (χ3n) is 6.40. The van der Waals surface area contributed by atoms with E-state index in [2.05, 4.69) is 5.10 Å². The fraction of sp³-hybridized carbons (Fsp3) is 0.444. The fourth-order valence-corrected chi connectivity index (χ4v) is 4.68. The maximum atomic E-state index is 13.5. The number of benzene rings is 2. The van der Waals surface area contributed by atoms with Gasteiger partial charge in [-0.3, -0.25) is 14.5 Å². The van der Waals surface area contributed by atoms with Gasteiger partial charge in [-0.2, -0.15) is 5.10 Å². The lowest BCUT2D eigenvalue weighted by molar-refractivity contribution is -0.150. The SMILES string of the molecule is CCOC(=O)[C@H]1CCCN(CC(=O)N2N=C(c3ccc(F)cc3)C[C@H]2c2ccc(OCC)cc2)C1. The Morgan fingerprint density at radius 1 is 1.06 bits per heavy atom. The van der Waals surface area contributed by atoms with Crippen LogP contribution in [0.4, 0.5) is 4.39 Å². The minimum absolute atomic E-state index is 0.134. The number of hydrogen-bond acceptors (Lipinski definition) is 6. The van der Waals surface area contributed by atoms with E-state index in [1.807, 2.05) is 36.1 Å². The quantitative estimate of drug-likeness (QED) is 0.529. The molecule has 0 aromatic heterocycles. The molecule has 2 aliphatic rings. The fourth-order valence-electron chi connectivity index (χ4n) is 4.68. The summed E-state index contributed by atoms with van der Waals surface area (Å²) >= 11 is 0. The molecule has 0 aliphatic carbocycles. The van der Waals surface area contributed by atoms with Crippen molar-refractivity contribution in [1.82, 2.24) is 9.91 Å². The topological polar surface area (TPSA) is 71.4 Å². The Kier molecular flexibility index (Phi) is 8.13. The molecule has 1 fully saturated rings. The molecule has 1 amide bonds. The zero-order chi connectivity index (χ0) is 24.8. The van der Waals surface area contributed by atoms with E-state index in [4.69, 9.17) is 9.47 Å². The van der Waals surface area contributed by atoms with Gasteiger partial charge in [-0.15, -0.1) is 0 Å². The van der Waals surface area contributed by atoms with Crippen molar-refractivity contribution in [3.05, 3.63) is 65.5 Å². The van der Waals surface area contributed by atoms with Crippen LogP contribution in [-0.2, 0) is 14.3 Å². The number of likely N-dealkylation sites (tertiary alicyclic amines) is 1. The van der Waals surface area contributed by atoms with E-state index in [-0.39, 0.29) is 36.2 Å². The van der Waals surface area contributed by atoms with Gasteiger partial charge in [0.2, 0.25) is 0 Å². The zero-order valence-corrected chi connectivity index (χ0v) is 20.3. The molecule has 0 unspecified atom stereocenters. The average Bonchev–Trinajstić information content (AvgIpc) is 3.31. The lowest BCUT2D eigenvalue weighted by atomic mass is 9.97. The molecular weight excluding hydrogens is 449 g/mol. The third-order valence-corrected chi connectivity index (χ3v) is 6.40. The van der Waals surface area contributed by atoms with E-state index in [0.717, 1.165) is 42.0 Å². The number of piperidine rings is 1. The lowest BCUT2D eigenvalue weighted by Gasteiger charge is -2.32. The van der Waals surface area contributed by atoms with Crippen molar-refractivity contribution in [2.45, 2.75) is 39.2 Å². The molecule has 2 atom stereocenters. The number of rotatable bonds is 8. The standard InChI is InChI=1S/C27H32FN3O4/c1-3-34-23-13-9-20(10-14-23)25-16-24(19-7-11-22(28)12-8-19)29-31(25)26(32)18-30-15-5-6-21(17-30)27(33)35-4-2/h7-14,21,25H,3-6,15-18H2,1-2H3/t21-,25-/m0/s1. The summed E-state index contributed by atoms with van der Waals surface area (Å²) in [5, 5.41) is 6.23. The molecule has 2 heterocycles. The summed E-state index contributed by atoms with van der Waals surface area (Å²) in [5.74, 6) is -0.0924. The smallest absolute Gasteiger partial charge is 0.310 e. The minimum Gasteiger partial charge on any atom is -0.494 e. The molecule has 0 bridgehead atoms. The van der Waals surface area contributed by atoms with Crippen molar-refractivity contribution in [3.8, 4) is 5.75 Å². The van der Waals surface area contributed by atoms with Gasteiger partial charge in [-0.1, -0.05) is 24.3 Å². The van der Waals surface area contributed by atoms with Gasteiger partial charge in [-0.25, -0.2) is 9.40 Å². The molecule has 4 rings (SSSR count). The number of hydrazone groups is 1. The number of halogens is 1. The maximum absolute atomic E-state index is 13.5. The molecule has 1 saturated heterocycles. The van der Waals surface area contributed by atoms with Crippen LogP contribution in [0.25, 0.3) is 0 Å². The van der Waals surface area contributed by atoms with E-state index < -0.39 is 0 Å². The number of ether oxygens (including phenoxy) is 2. The van der Waals surface area contributed by atoms with Gasteiger partial charge < -0.3 is 9.47 Å². The molecule has 35 heavy (non-hydrogen) atoms. The number of nitrogens with zero attached hydrogens (tertiary/aromatic N) is 3. The number of carbonyl (C=O) groups is 2. The summed E-state index contributed by atoms with van der Waals surface area (Å²) in [5.41, 5.74) is 2.48. The van der Waals surface area contributed by atoms with Gasteiger partial charge >= 0.3 is 5.97 Å². The second-order valence-electron chi connectivity index (χ2n) is 8.84. The monoisotopic (exact) mass is 481 g/mol. The molecule has 186 valence electrons. The second kappa shape index (κ2) is 11.4. The Bertz CT molecular complexity index is 1060. The highest BCUT2D eigenvalue weighted by Gasteiger charge is 2.35. The summed E-state index contributed by atoms with van der Waals surface area (Å²) in [7, 11) is 0. The van der Waals surface area contributed by atoms with Gasteiger partial charge in [-0.05, 0) is 68.6 Å². The van der Waals surface area contributed by atoms with Crippen LogP contribution in [0.3, 0.4) is 0 Å². The molecule has 2 aromatic rings. The van der Waals surface area contributed by atoms with Crippen LogP contribution in [0, 0.1) is 11.7 Å². The van der Waals surface area contributed by atoms with Crippen LogP contribution in [-0.4, -0.2) is 60.3 Å². The highest BCUT2D eigenvalue weighted by Crippen LogP contribution is 2.34. The van der Waals surface area contributed by atoms with Gasteiger partial charge in [0, 0.05) is 13.0 Å². The van der Waals surface area contributed by atoms with Crippen LogP contribution < -0.4 is 4.74 Å². The molecule has 0 radical (unpaired) electrons. The molecule has 7 nitrogen and oxygen atoms in total. The largest absolute Gasteiger partial charge is 0.494 e. The van der Waals surface area contributed by atoms with Gasteiger partial charge in [0.05, 0.1) is 37.4 Å². The first-order valence-electron chi connectivity index (χ1n) is 12.3. The summed E-state index contributed by atoms with van der Waals surface area (Å²) in [6.07, 6.45) is 2.13. The van der Waals surface area contributed by atoms with Crippen molar-refractivity contribution < 1.29 is 23.5 Å². The van der Waals surface area contributed by atoms with Crippen LogP contribution in [0.15, 0.2) is 53.6 Å². The van der Waals surface area contributed by atoms with Crippen LogP contribution in [0.5, 0.6) is 5.75 Å². The number of hydrogen-bond donors (Lipinski definition) is 0. The first-order chi connectivity index (χ1) is 17.0. The van der Waals surface area contributed by atoms with E-state index >= 15 is 0 Å². The van der Waals surface area contributed by atoms with Gasteiger partial charge in [0.1, 0.15) is 11.6 Å². The van der Waals surface area contributed by atoms with Crippen LogP contribution in [0.1, 0.15) is 50.3 Å². The van der Waals surface area contributed by atoms with Gasteiger partial charge in [0.15, 0.2) is 0 Å². The Labute approximate surface area is 205 Å². The summed E-state index contributed by atoms with van der Waals surface area (Å²) in [6.45, 7) is 6.08. The predicted octanol–water partition coefficient (Wildman–Crippen LogP) is 4.18. The normalized spacial score (nSPS) is 20.4. The predicted molar refractivity (Wildman–Crippen MR) is 131 cm³/mol. The van der Waals surface area contributed by atoms with Crippen LogP contribution >= 0.6 is 0 Å². The van der Waals surface area contributed by atoms with E-state index in [9.17, 15) is 14.0 Å². The first-order valence-corrected chi connectivity index (χ1v) is 12.3. The van der Waals surface area contributed by atoms with Crippen molar-refractivity contribution >= 4 is 17.6 Å². The maximum Gasteiger partial charge on any atom is 0.310 e. The summed E-state index contributed by atoms with van der Waals surface area (Å²) < 4.78 is 24.2. The molecular formula is C27H32FN3O4. The van der Waals surface area contributed by atoms with Crippen molar-refractivity contribution in [2.75, 3.05) is 32.8 Å². The minimum atomic E-state index is -0.315. The van der Waals surface area contributed by atoms with E-state index in [1.54, 1.807) is 24.1 Å². The molecule has 2 aromatic carbocycles. The van der Waals surface area contributed by atoms with Gasteiger partial charge in [0.25, 0.3) is 5.91 Å². The molecule has 0 spiro atoms. The molecule has 0 saturated carbocycles. The Morgan fingerprint density at radius 2 is 1.80 bits per heavy atom. The summed E-state index contributed by atoms with van der Waals surface area (Å²) in [4.78, 5) is 27.7. The molecule has 0 N–H and O–H groups in total. The molecule has 8 heteroatoms. The van der Waals surface area contributed by atoms with E-state index in [0.29, 0.717) is 26.2 Å². The number of amides is 1. The highest BCUT2D eigenvalue weighted by atomic mass is 19.1. The second-order valence-corrected chi connectivity index (χ2v) is 8.84. The van der Waals surface area contributed by atoms with Crippen LogP contribution in [0.2, 0.25) is 0 Å². The number of carbonyl (C=O) groups excluding carboxylic acids is 2. The lowest BCUT2D eigenvalue weighted by Crippen LogP contribution is -2.44. The Balaban J connectivity index is 1.53. The Hall–Kier alpha value is -3.26. The highest BCUT2D eigenvalue weighted by molar-refractivity contribution is 6.03. The van der Waals surface area contributed by atoms with Crippen molar-refractivity contribution in [2.24, 2.45) is 11.0 Å². The average molecular weight is 482 g/mol.